The van der Waals surface area contributed by atoms with Crippen LogP contribution in [-0.4, -0.2) is 36.4 Å². The first-order chi connectivity index (χ1) is 14.8. The van der Waals surface area contributed by atoms with Crippen molar-refractivity contribution in [3.63, 3.8) is 0 Å². The predicted molar refractivity (Wildman–Crippen MR) is 154 cm³/mol. The van der Waals surface area contributed by atoms with Gasteiger partial charge in [0.05, 0.1) is 6.10 Å². The molecule has 0 aliphatic rings. The second kappa shape index (κ2) is 11.2. The average Bonchev–Trinajstić information content (AvgIpc) is 2.61. The van der Waals surface area contributed by atoms with Crippen LogP contribution in [0.5, 0.6) is 0 Å². The van der Waals surface area contributed by atoms with Gasteiger partial charge in [0.15, 0.2) is 16.6 Å². The summed E-state index contributed by atoms with van der Waals surface area (Å²) in [7, 11) is -5.35. The van der Waals surface area contributed by atoms with Gasteiger partial charge >= 0.3 is 0 Å². The summed E-state index contributed by atoms with van der Waals surface area (Å²) < 4.78 is 13.8. The minimum atomic E-state index is -1.95. The topological polar surface area (TPSA) is 18.5 Å². The number of benzene rings is 1. The van der Waals surface area contributed by atoms with E-state index in [1.807, 2.05) is 0 Å². The van der Waals surface area contributed by atoms with Gasteiger partial charge in [0, 0.05) is 6.42 Å². The fraction of sp³-hybridized carbons (Fsp3) is 0.643. The van der Waals surface area contributed by atoms with Crippen LogP contribution in [0.1, 0.15) is 40.2 Å². The third kappa shape index (κ3) is 10.5. The molecular weight excluding hydrogens is 453 g/mol. The van der Waals surface area contributed by atoms with Crippen molar-refractivity contribution < 1.29 is 8.85 Å². The maximum Gasteiger partial charge on any atom is 0.192 e. The zero-order valence-corrected chi connectivity index (χ0v) is 26.7. The normalized spacial score (nSPS) is 16.4. The summed E-state index contributed by atoms with van der Waals surface area (Å²) in [5.74, 6) is 3.88. The van der Waals surface area contributed by atoms with E-state index in [2.05, 4.69) is 141 Å². The van der Waals surface area contributed by atoms with Crippen LogP contribution < -0.4 is 0 Å². The molecule has 1 unspecified atom stereocenters. The second-order valence-corrected chi connectivity index (χ2v) is 27.1. The van der Waals surface area contributed by atoms with E-state index in [9.17, 15) is 0 Å². The Morgan fingerprint density at radius 1 is 0.909 bits per heavy atom. The van der Waals surface area contributed by atoms with Crippen molar-refractivity contribution in [1.82, 2.24) is 0 Å². The van der Waals surface area contributed by atoms with Crippen molar-refractivity contribution in [2.45, 2.75) is 110 Å². The lowest BCUT2D eigenvalue weighted by atomic mass is 9.90. The third-order valence-electron chi connectivity index (χ3n) is 6.06. The molecule has 5 heteroatoms. The highest BCUT2D eigenvalue weighted by atomic mass is 28.4. The summed E-state index contributed by atoms with van der Waals surface area (Å²) in [6, 6.07) is 10.7. The minimum Gasteiger partial charge on any atom is -0.410 e. The third-order valence-corrected chi connectivity index (χ3v) is 12.4. The highest BCUT2D eigenvalue weighted by Crippen LogP contribution is 2.38. The van der Waals surface area contributed by atoms with E-state index in [0.29, 0.717) is 0 Å². The highest BCUT2D eigenvalue weighted by Gasteiger charge is 2.40. The number of hydrogen-bond acceptors (Lipinski definition) is 2. The van der Waals surface area contributed by atoms with Crippen LogP contribution in [0.4, 0.5) is 0 Å². The maximum atomic E-state index is 6.93. The Morgan fingerprint density at radius 3 is 1.88 bits per heavy atom. The van der Waals surface area contributed by atoms with Crippen molar-refractivity contribution in [3.8, 4) is 11.5 Å². The molecule has 0 spiro atoms. The smallest absolute Gasteiger partial charge is 0.192 e. The summed E-state index contributed by atoms with van der Waals surface area (Å²) >= 11 is 0. The van der Waals surface area contributed by atoms with Crippen LogP contribution in [0.15, 0.2) is 42.5 Å². The van der Waals surface area contributed by atoms with Gasteiger partial charge < -0.3 is 8.85 Å². The molecule has 1 aromatic rings. The van der Waals surface area contributed by atoms with E-state index in [4.69, 9.17) is 8.85 Å². The Bertz CT molecular complexity index is 828. The van der Waals surface area contributed by atoms with Crippen molar-refractivity contribution >= 4 is 24.7 Å². The van der Waals surface area contributed by atoms with Gasteiger partial charge in [-0.3, -0.25) is 0 Å². The molecule has 0 aliphatic heterocycles. The lowest BCUT2D eigenvalue weighted by molar-refractivity contribution is 0.119. The molecule has 0 saturated heterocycles. The number of rotatable bonds is 9. The fourth-order valence-electron chi connectivity index (χ4n) is 3.15. The molecule has 0 N–H and O–H groups in total. The molecule has 0 fully saturated rings. The molecule has 33 heavy (non-hydrogen) atoms. The van der Waals surface area contributed by atoms with Gasteiger partial charge in [-0.1, -0.05) is 96.6 Å². The van der Waals surface area contributed by atoms with Crippen LogP contribution >= 0.6 is 0 Å². The second-order valence-electron chi connectivity index (χ2n) is 13.1. The maximum absolute atomic E-state index is 6.93. The van der Waals surface area contributed by atoms with Gasteiger partial charge in [0.25, 0.3) is 0 Å². The van der Waals surface area contributed by atoms with Crippen molar-refractivity contribution in [3.05, 3.63) is 48.0 Å². The molecule has 1 aromatic carbocycles. The van der Waals surface area contributed by atoms with Crippen LogP contribution in [0.3, 0.4) is 0 Å². The first-order valence-corrected chi connectivity index (χ1v) is 22.2. The molecule has 0 amide bonds. The lowest BCUT2D eigenvalue weighted by Crippen LogP contribution is -2.46. The van der Waals surface area contributed by atoms with E-state index in [-0.39, 0.29) is 17.1 Å². The first kappa shape index (κ1) is 30.1. The summed E-state index contributed by atoms with van der Waals surface area (Å²) in [5.41, 5.74) is 4.32. The zero-order chi connectivity index (χ0) is 25.7. The van der Waals surface area contributed by atoms with E-state index in [0.717, 1.165) is 6.42 Å². The van der Waals surface area contributed by atoms with Gasteiger partial charge in [-0.25, -0.2) is 0 Å². The molecule has 1 rings (SSSR count). The van der Waals surface area contributed by atoms with Gasteiger partial charge in [-0.2, -0.15) is 0 Å². The van der Waals surface area contributed by atoms with Crippen LogP contribution in [0.25, 0.3) is 0 Å². The summed E-state index contributed by atoms with van der Waals surface area (Å²) in [5, 5.41) is 0.150. The van der Waals surface area contributed by atoms with E-state index < -0.39 is 30.3 Å². The Hall–Kier alpha value is -0.909. The molecule has 0 radical (unpaired) electrons. The van der Waals surface area contributed by atoms with Crippen molar-refractivity contribution in [1.29, 1.82) is 0 Å². The van der Waals surface area contributed by atoms with Crippen molar-refractivity contribution in [2.24, 2.45) is 5.92 Å². The van der Waals surface area contributed by atoms with E-state index >= 15 is 0 Å². The lowest BCUT2D eigenvalue weighted by Gasteiger charge is -2.40. The summed E-state index contributed by atoms with van der Waals surface area (Å²) in [6.45, 7) is 29.7. The monoisotopic (exact) mass is 502 g/mol. The minimum absolute atomic E-state index is 0.00895. The Balaban J connectivity index is 3.51. The largest absolute Gasteiger partial charge is 0.410 e. The SMILES string of the molecule is CC(C)C(C#C[Si](C)(C)C)(/C=C\[C@H](Cc1ccccc1)O[Si](C)(C)C(C)(C)C)O[Si](C)(C)C. The van der Waals surface area contributed by atoms with Crippen molar-refractivity contribution in [2.75, 3.05) is 0 Å². The number of hydrogen-bond donors (Lipinski definition) is 0. The van der Waals surface area contributed by atoms with Gasteiger partial charge in [0.1, 0.15) is 13.7 Å². The Morgan fingerprint density at radius 2 is 1.45 bits per heavy atom. The predicted octanol–water partition coefficient (Wildman–Crippen LogP) is 8.30. The highest BCUT2D eigenvalue weighted by molar-refractivity contribution is 6.83. The Labute approximate surface area is 208 Å². The van der Waals surface area contributed by atoms with Gasteiger partial charge in [-0.15, -0.1) is 5.54 Å². The molecule has 0 bridgehead atoms. The molecule has 0 aromatic heterocycles. The Kier molecular flexibility index (Phi) is 10.2. The average molecular weight is 503 g/mol. The summed E-state index contributed by atoms with van der Waals surface area (Å²) in [6.07, 6.45) is 5.34. The molecule has 2 nitrogen and oxygen atoms in total. The molecule has 0 heterocycles. The molecule has 0 aliphatic carbocycles. The fourth-order valence-corrected chi connectivity index (χ4v) is 6.36. The van der Waals surface area contributed by atoms with Gasteiger partial charge in [-0.05, 0) is 55.3 Å². The molecular formula is C28H50O2Si3. The van der Waals surface area contributed by atoms with Crippen LogP contribution in [-0.2, 0) is 15.3 Å². The first-order valence-electron chi connectivity index (χ1n) is 12.4. The molecule has 2 atom stereocenters. The molecule has 186 valence electrons. The van der Waals surface area contributed by atoms with E-state index in [1.165, 1.54) is 5.56 Å². The zero-order valence-electron chi connectivity index (χ0n) is 23.7. The van der Waals surface area contributed by atoms with E-state index in [1.54, 1.807) is 0 Å². The van der Waals surface area contributed by atoms with Crippen LogP contribution in [0.2, 0.25) is 57.4 Å². The van der Waals surface area contributed by atoms with Gasteiger partial charge in [0.2, 0.25) is 0 Å². The van der Waals surface area contributed by atoms with Crippen LogP contribution in [0, 0.1) is 17.4 Å². The molecule has 0 saturated carbocycles. The summed E-state index contributed by atoms with van der Waals surface area (Å²) in [4.78, 5) is 0. The standard InChI is InChI=1S/C28H50O2Si3/c1-24(2)28(30-32(9,10)11,21-22-31(6,7)8)20-19-26(23-25-17-15-14-16-18-25)29-33(12,13)27(3,4)5/h14-20,24,26H,23H2,1-13H3/b20-19-/t26-,28?/m1/s1. The quantitative estimate of drug-likeness (QED) is 0.192.